The highest BCUT2D eigenvalue weighted by atomic mass is 32.2. The molecule has 0 aliphatic carbocycles. The van der Waals surface area contributed by atoms with E-state index in [9.17, 15) is 8.42 Å². The largest absolute Gasteiger partial charge is 0.301 e. The molecule has 0 radical (unpaired) electrons. The number of hydrogen-bond donors (Lipinski definition) is 0. The molecule has 0 bridgehead atoms. The second-order valence-corrected chi connectivity index (χ2v) is 5.85. The van der Waals surface area contributed by atoms with Crippen LogP contribution >= 0.6 is 0 Å². The lowest BCUT2D eigenvalue weighted by molar-refractivity contribution is 0.160. The molecule has 4 nitrogen and oxygen atoms in total. The van der Waals surface area contributed by atoms with Crippen molar-refractivity contribution in [1.29, 1.82) is 0 Å². The van der Waals surface area contributed by atoms with E-state index in [-0.39, 0.29) is 5.75 Å². The quantitative estimate of drug-likeness (QED) is 0.637. The summed E-state index contributed by atoms with van der Waals surface area (Å²) in [5.41, 5.74) is 0. The summed E-state index contributed by atoms with van der Waals surface area (Å²) in [6, 6.07) is 0.329. The fourth-order valence-electron chi connectivity index (χ4n) is 1.45. The predicted molar refractivity (Wildman–Crippen MR) is 53.1 cm³/mol. The third kappa shape index (κ3) is 2.42. The van der Waals surface area contributed by atoms with Crippen LogP contribution in [0.2, 0.25) is 0 Å². The number of sulfonamides is 1. The second kappa shape index (κ2) is 3.94. The van der Waals surface area contributed by atoms with Crippen LogP contribution in [0.25, 0.3) is 0 Å². The van der Waals surface area contributed by atoms with Crippen LogP contribution < -0.4 is 0 Å². The van der Waals surface area contributed by atoms with E-state index in [4.69, 9.17) is 0 Å². The smallest absolute Gasteiger partial charge is 0.213 e. The van der Waals surface area contributed by atoms with Crippen LogP contribution in [0.1, 0.15) is 13.8 Å². The Labute approximate surface area is 80.6 Å². The van der Waals surface area contributed by atoms with Crippen molar-refractivity contribution in [2.24, 2.45) is 0 Å². The van der Waals surface area contributed by atoms with Crippen LogP contribution in [0.5, 0.6) is 0 Å². The van der Waals surface area contributed by atoms with Crippen molar-refractivity contribution in [3.05, 3.63) is 0 Å². The molecule has 0 unspecified atom stereocenters. The van der Waals surface area contributed by atoms with E-state index in [2.05, 4.69) is 11.8 Å². The summed E-state index contributed by atoms with van der Waals surface area (Å²) in [7, 11) is -0.943. The van der Waals surface area contributed by atoms with Gasteiger partial charge in [0.15, 0.2) is 0 Å². The minimum Gasteiger partial charge on any atom is -0.301 e. The molecule has 1 atom stereocenters. The molecule has 0 amide bonds. The summed E-state index contributed by atoms with van der Waals surface area (Å²) in [6.07, 6.45) is 0. The monoisotopic (exact) mass is 206 g/mol. The maximum atomic E-state index is 11.5. The molecule has 1 saturated heterocycles. The average Bonchev–Trinajstić information content (AvgIpc) is 2.09. The van der Waals surface area contributed by atoms with E-state index in [1.165, 1.54) is 0 Å². The minimum atomic E-state index is -2.97. The first-order chi connectivity index (χ1) is 5.97. The molecule has 0 aromatic rings. The van der Waals surface area contributed by atoms with Gasteiger partial charge in [0.1, 0.15) is 0 Å². The van der Waals surface area contributed by atoms with Crippen LogP contribution in [0, 0.1) is 0 Å². The van der Waals surface area contributed by atoms with Crippen molar-refractivity contribution in [2.75, 3.05) is 32.4 Å². The Morgan fingerprint density at radius 3 is 2.46 bits per heavy atom. The molecule has 1 heterocycles. The van der Waals surface area contributed by atoms with Gasteiger partial charge in [-0.15, -0.1) is 0 Å². The molecule has 1 fully saturated rings. The van der Waals surface area contributed by atoms with E-state index in [0.29, 0.717) is 19.1 Å². The minimum absolute atomic E-state index is 0.212. The molecule has 0 spiro atoms. The fraction of sp³-hybridized carbons (Fsp3) is 1.00. The van der Waals surface area contributed by atoms with Crippen molar-refractivity contribution < 1.29 is 8.42 Å². The molecule has 0 saturated carbocycles. The summed E-state index contributed by atoms with van der Waals surface area (Å²) in [5.74, 6) is 0.212. The van der Waals surface area contributed by atoms with E-state index >= 15 is 0 Å². The molecule has 0 aromatic heterocycles. The third-order valence-electron chi connectivity index (χ3n) is 2.68. The fourth-order valence-corrected chi connectivity index (χ4v) is 2.62. The highest BCUT2D eigenvalue weighted by Crippen LogP contribution is 2.11. The Hall–Kier alpha value is -0.130. The molecule has 5 heteroatoms. The first-order valence-corrected chi connectivity index (χ1v) is 6.26. The normalized spacial score (nSPS) is 27.8. The molecular weight excluding hydrogens is 188 g/mol. The molecule has 78 valence electrons. The molecule has 0 N–H and O–H groups in total. The lowest BCUT2D eigenvalue weighted by atomic mass is 10.2. The molecule has 1 aliphatic heterocycles. The van der Waals surface area contributed by atoms with Crippen molar-refractivity contribution in [3.63, 3.8) is 0 Å². The Balaban J connectivity index is 2.66. The van der Waals surface area contributed by atoms with Gasteiger partial charge in [-0.05, 0) is 20.9 Å². The van der Waals surface area contributed by atoms with Gasteiger partial charge < -0.3 is 4.90 Å². The highest BCUT2D eigenvalue weighted by molar-refractivity contribution is 7.89. The van der Waals surface area contributed by atoms with Gasteiger partial charge in [0, 0.05) is 25.7 Å². The second-order valence-electron chi connectivity index (χ2n) is 3.59. The molecule has 1 rings (SSSR count). The summed E-state index contributed by atoms with van der Waals surface area (Å²) in [5, 5.41) is 0. The van der Waals surface area contributed by atoms with E-state index < -0.39 is 10.0 Å². The Bertz CT molecular complexity index is 263. The molecular formula is C8H18N2O2S. The van der Waals surface area contributed by atoms with Crippen LogP contribution in [0.15, 0.2) is 0 Å². The summed E-state index contributed by atoms with van der Waals surface area (Å²) >= 11 is 0. The van der Waals surface area contributed by atoms with Gasteiger partial charge in [0.25, 0.3) is 0 Å². The summed E-state index contributed by atoms with van der Waals surface area (Å²) in [6.45, 7) is 5.85. The summed E-state index contributed by atoms with van der Waals surface area (Å²) in [4.78, 5) is 2.18. The van der Waals surface area contributed by atoms with Gasteiger partial charge in [-0.3, -0.25) is 0 Å². The number of rotatable bonds is 2. The topological polar surface area (TPSA) is 40.6 Å². The van der Waals surface area contributed by atoms with Crippen LogP contribution in [-0.2, 0) is 10.0 Å². The summed E-state index contributed by atoms with van der Waals surface area (Å²) < 4.78 is 24.6. The number of hydrogen-bond acceptors (Lipinski definition) is 3. The molecule has 0 aromatic carbocycles. The van der Waals surface area contributed by atoms with Gasteiger partial charge in [-0.2, -0.15) is 4.31 Å². The van der Waals surface area contributed by atoms with Crippen molar-refractivity contribution in [2.45, 2.75) is 19.9 Å². The van der Waals surface area contributed by atoms with E-state index in [1.54, 1.807) is 11.2 Å². The molecule has 1 aliphatic rings. The first kappa shape index (κ1) is 10.9. The number of nitrogens with zero attached hydrogens (tertiary/aromatic N) is 2. The standard InChI is InChI=1S/C8H18N2O2S/c1-4-13(11,12)10-6-5-9(3)8(2)7-10/h8H,4-7H2,1-3H3/t8-/m1/s1. The Morgan fingerprint density at radius 2 is 2.00 bits per heavy atom. The van der Waals surface area contributed by atoms with Crippen LogP contribution in [-0.4, -0.2) is 56.1 Å². The Morgan fingerprint density at radius 1 is 1.38 bits per heavy atom. The molecule has 13 heavy (non-hydrogen) atoms. The third-order valence-corrected chi connectivity index (χ3v) is 4.53. The van der Waals surface area contributed by atoms with Crippen molar-refractivity contribution >= 4 is 10.0 Å². The lowest BCUT2D eigenvalue weighted by Gasteiger charge is -2.36. The SMILES string of the molecule is CCS(=O)(=O)N1CCN(C)[C@H](C)C1. The van der Waals surface area contributed by atoms with Gasteiger partial charge in [-0.1, -0.05) is 0 Å². The van der Waals surface area contributed by atoms with Gasteiger partial charge in [0.05, 0.1) is 5.75 Å². The highest BCUT2D eigenvalue weighted by Gasteiger charge is 2.27. The van der Waals surface area contributed by atoms with Crippen LogP contribution in [0.3, 0.4) is 0 Å². The van der Waals surface area contributed by atoms with Crippen molar-refractivity contribution in [3.8, 4) is 0 Å². The maximum Gasteiger partial charge on any atom is 0.213 e. The maximum absolute atomic E-state index is 11.5. The lowest BCUT2D eigenvalue weighted by Crippen LogP contribution is -2.52. The zero-order chi connectivity index (χ0) is 10.1. The number of likely N-dealkylation sites (N-methyl/N-ethyl adjacent to an activating group) is 1. The van der Waals surface area contributed by atoms with Gasteiger partial charge >= 0.3 is 0 Å². The Kier molecular flexibility index (Phi) is 3.32. The number of piperazine rings is 1. The first-order valence-electron chi connectivity index (χ1n) is 4.65. The van der Waals surface area contributed by atoms with Crippen LogP contribution in [0.4, 0.5) is 0 Å². The zero-order valence-electron chi connectivity index (χ0n) is 8.52. The predicted octanol–water partition coefficient (Wildman–Crippen LogP) is -0.0280. The van der Waals surface area contributed by atoms with E-state index in [0.717, 1.165) is 6.54 Å². The van der Waals surface area contributed by atoms with Gasteiger partial charge in [-0.25, -0.2) is 8.42 Å². The van der Waals surface area contributed by atoms with E-state index in [1.807, 2.05) is 7.05 Å². The van der Waals surface area contributed by atoms with Gasteiger partial charge in [0.2, 0.25) is 10.0 Å². The van der Waals surface area contributed by atoms with Crippen molar-refractivity contribution in [1.82, 2.24) is 9.21 Å². The zero-order valence-corrected chi connectivity index (χ0v) is 9.34. The average molecular weight is 206 g/mol.